The molecular formula is C14H16N2O3S. The van der Waals surface area contributed by atoms with Crippen LogP contribution in [-0.4, -0.2) is 19.9 Å². The molecule has 2 aromatic rings. The van der Waals surface area contributed by atoms with Gasteiger partial charge >= 0.3 is 0 Å². The zero-order valence-electron chi connectivity index (χ0n) is 11.1. The Kier molecular flexibility index (Phi) is 4.36. The van der Waals surface area contributed by atoms with E-state index < -0.39 is 10.0 Å². The third-order valence-electron chi connectivity index (χ3n) is 3.01. The number of sulfonamides is 1. The lowest BCUT2D eigenvalue weighted by molar-refractivity contribution is 0.581. The molecule has 0 unspecified atom stereocenters. The number of nitrogens with one attached hydrogen (secondary N) is 2. The minimum Gasteiger partial charge on any atom is -0.328 e. The minimum atomic E-state index is -3.58. The van der Waals surface area contributed by atoms with Gasteiger partial charge in [0, 0.05) is 18.8 Å². The van der Waals surface area contributed by atoms with Crippen LogP contribution in [0.2, 0.25) is 0 Å². The summed E-state index contributed by atoms with van der Waals surface area (Å²) in [5.41, 5.74) is 1.91. The van der Waals surface area contributed by atoms with Crippen LogP contribution in [0.1, 0.15) is 11.1 Å². The van der Waals surface area contributed by atoms with Crippen LogP contribution in [0.3, 0.4) is 0 Å². The van der Waals surface area contributed by atoms with Gasteiger partial charge in [-0.15, -0.1) is 0 Å². The number of pyridine rings is 1. The second-order valence-corrected chi connectivity index (χ2v) is 6.23. The Bertz CT molecular complexity index is 731. The van der Waals surface area contributed by atoms with Crippen molar-refractivity contribution in [3.63, 3.8) is 0 Å². The van der Waals surface area contributed by atoms with E-state index in [2.05, 4.69) is 9.71 Å². The zero-order chi connectivity index (χ0) is 14.6. The van der Waals surface area contributed by atoms with Crippen LogP contribution in [0.25, 0.3) is 0 Å². The van der Waals surface area contributed by atoms with Gasteiger partial charge in [0.25, 0.3) is 0 Å². The quantitative estimate of drug-likeness (QED) is 0.869. The van der Waals surface area contributed by atoms with E-state index in [1.54, 1.807) is 0 Å². The van der Waals surface area contributed by atoms with Crippen LogP contribution < -0.4 is 10.3 Å². The van der Waals surface area contributed by atoms with Gasteiger partial charge in [-0.3, -0.25) is 4.79 Å². The van der Waals surface area contributed by atoms with E-state index in [-0.39, 0.29) is 10.5 Å². The number of aromatic nitrogens is 1. The second kappa shape index (κ2) is 6.02. The average Bonchev–Trinajstić information content (AvgIpc) is 2.41. The highest BCUT2D eigenvalue weighted by molar-refractivity contribution is 7.89. The minimum absolute atomic E-state index is 0.0573. The van der Waals surface area contributed by atoms with Crippen molar-refractivity contribution < 1.29 is 8.42 Å². The molecular weight excluding hydrogens is 276 g/mol. The maximum absolute atomic E-state index is 12.0. The van der Waals surface area contributed by atoms with Crippen LogP contribution in [0.5, 0.6) is 0 Å². The molecule has 1 aromatic heterocycles. The van der Waals surface area contributed by atoms with Crippen molar-refractivity contribution in [3.8, 4) is 0 Å². The summed E-state index contributed by atoms with van der Waals surface area (Å²) < 4.78 is 26.5. The van der Waals surface area contributed by atoms with Gasteiger partial charge in [-0.05, 0) is 30.5 Å². The maximum atomic E-state index is 12.0. The summed E-state index contributed by atoms with van der Waals surface area (Å²) in [6, 6.07) is 10.3. The molecule has 5 nitrogen and oxygen atoms in total. The normalized spacial score (nSPS) is 11.4. The fourth-order valence-corrected chi connectivity index (χ4v) is 2.86. The van der Waals surface area contributed by atoms with Gasteiger partial charge < -0.3 is 4.98 Å². The molecule has 0 aliphatic heterocycles. The van der Waals surface area contributed by atoms with Crippen molar-refractivity contribution in [3.05, 3.63) is 64.1 Å². The van der Waals surface area contributed by atoms with Gasteiger partial charge in [0.2, 0.25) is 15.6 Å². The summed E-state index contributed by atoms with van der Waals surface area (Å²) in [7, 11) is -3.58. The molecule has 0 fully saturated rings. The van der Waals surface area contributed by atoms with E-state index in [1.807, 2.05) is 31.2 Å². The van der Waals surface area contributed by atoms with Crippen molar-refractivity contribution in [1.82, 2.24) is 9.71 Å². The van der Waals surface area contributed by atoms with Crippen molar-refractivity contribution in [2.75, 3.05) is 6.54 Å². The first-order chi connectivity index (χ1) is 9.49. The number of benzene rings is 1. The SMILES string of the molecule is Cc1ccccc1CCNS(=O)(=O)c1ccc(=O)[nH]c1. The van der Waals surface area contributed by atoms with Crippen LogP contribution in [0.4, 0.5) is 0 Å². The largest absolute Gasteiger partial charge is 0.328 e. The van der Waals surface area contributed by atoms with E-state index >= 15 is 0 Å². The highest BCUT2D eigenvalue weighted by atomic mass is 32.2. The number of aromatic amines is 1. The predicted octanol–water partition coefficient (Wildman–Crippen LogP) is 1.20. The van der Waals surface area contributed by atoms with Crippen LogP contribution in [0, 0.1) is 6.92 Å². The van der Waals surface area contributed by atoms with Crippen molar-refractivity contribution in [1.29, 1.82) is 0 Å². The topological polar surface area (TPSA) is 79.0 Å². The van der Waals surface area contributed by atoms with Crippen LogP contribution >= 0.6 is 0 Å². The Morgan fingerprint density at radius 2 is 1.90 bits per heavy atom. The molecule has 0 amide bonds. The molecule has 2 rings (SSSR count). The maximum Gasteiger partial charge on any atom is 0.247 e. The summed E-state index contributed by atoms with van der Waals surface area (Å²) in [6.07, 6.45) is 1.81. The summed E-state index contributed by atoms with van der Waals surface area (Å²) in [5.74, 6) is 0. The van der Waals surface area contributed by atoms with E-state index in [0.717, 1.165) is 11.1 Å². The molecule has 0 aliphatic rings. The molecule has 0 aliphatic carbocycles. The van der Waals surface area contributed by atoms with Crippen LogP contribution in [-0.2, 0) is 16.4 Å². The molecule has 1 heterocycles. The Morgan fingerprint density at radius 3 is 2.55 bits per heavy atom. The summed E-state index contributed by atoms with van der Waals surface area (Å²) in [5, 5.41) is 0. The smallest absolute Gasteiger partial charge is 0.247 e. The summed E-state index contributed by atoms with van der Waals surface area (Å²) >= 11 is 0. The van der Waals surface area contributed by atoms with Gasteiger partial charge in [-0.25, -0.2) is 13.1 Å². The first-order valence-corrected chi connectivity index (χ1v) is 7.70. The molecule has 0 saturated heterocycles. The van der Waals surface area contributed by atoms with Crippen molar-refractivity contribution in [2.24, 2.45) is 0 Å². The number of hydrogen-bond donors (Lipinski definition) is 2. The Labute approximate surface area is 117 Å². The molecule has 106 valence electrons. The second-order valence-electron chi connectivity index (χ2n) is 4.46. The first kappa shape index (κ1) is 14.5. The zero-order valence-corrected chi connectivity index (χ0v) is 11.9. The number of H-pyrrole nitrogens is 1. The monoisotopic (exact) mass is 292 g/mol. The summed E-state index contributed by atoms with van der Waals surface area (Å²) in [4.78, 5) is 13.3. The predicted molar refractivity (Wildman–Crippen MR) is 77.1 cm³/mol. The lowest BCUT2D eigenvalue weighted by atomic mass is 10.1. The third-order valence-corrected chi connectivity index (χ3v) is 4.47. The van der Waals surface area contributed by atoms with E-state index in [1.165, 1.54) is 18.3 Å². The molecule has 0 radical (unpaired) electrons. The van der Waals surface area contributed by atoms with Crippen LogP contribution in [0.15, 0.2) is 52.3 Å². The lowest BCUT2D eigenvalue weighted by Gasteiger charge is -2.08. The highest BCUT2D eigenvalue weighted by Gasteiger charge is 2.13. The fraction of sp³-hybridized carbons (Fsp3) is 0.214. The van der Waals surface area contributed by atoms with E-state index in [4.69, 9.17) is 0 Å². The van der Waals surface area contributed by atoms with Gasteiger partial charge in [0.15, 0.2) is 0 Å². The van der Waals surface area contributed by atoms with Gasteiger partial charge in [-0.1, -0.05) is 24.3 Å². The Balaban J connectivity index is 2.01. The standard InChI is InChI=1S/C14H16N2O3S/c1-11-4-2-3-5-12(11)8-9-16-20(18,19)13-6-7-14(17)15-10-13/h2-7,10,16H,8-9H2,1H3,(H,15,17). The van der Waals surface area contributed by atoms with Gasteiger partial charge in [0.1, 0.15) is 0 Å². The number of hydrogen-bond acceptors (Lipinski definition) is 3. The van der Waals surface area contributed by atoms with E-state index in [9.17, 15) is 13.2 Å². The van der Waals surface area contributed by atoms with Crippen molar-refractivity contribution >= 4 is 10.0 Å². The first-order valence-electron chi connectivity index (χ1n) is 6.22. The molecule has 6 heteroatoms. The average molecular weight is 292 g/mol. The molecule has 20 heavy (non-hydrogen) atoms. The molecule has 1 aromatic carbocycles. The number of aryl methyl sites for hydroxylation is 1. The number of rotatable bonds is 5. The van der Waals surface area contributed by atoms with Gasteiger partial charge in [0.05, 0.1) is 4.90 Å². The van der Waals surface area contributed by atoms with Crippen molar-refractivity contribution in [2.45, 2.75) is 18.2 Å². The highest BCUT2D eigenvalue weighted by Crippen LogP contribution is 2.08. The van der Waals surface area contributed by atoms with Gasteiger partial charge in [-0.2, -0.15) is 0 Å². The molecule has 0 atom stereocenters. The molecule has 0 saturated carbocycles. The molecule has 0 spiro atoms. The third kappa shape index (κ3) is 3.55. The Hall–Kier alpha value is -1.92. The Morgan fingerprint density at radius 1 is 1.15 bits per heavy atom. The molecule has 2 N–H and O–H groups in total. The van der Waals surface area contributed by atoms with E-state index in [0.29, 0.717) is 13.0 Å². The fourth-order valence-electron chi connectivity index (χ4n) is 1.86. The summed E-state index contributed by atoms with van der Waals surface area (Å²) in [6.45, 7) is 2.30. The lowest BCUT2D eigenvalue weighted by Crippen LogP contribution is -2.26. The molecule has 0 bridgehead atoms.